The third kappa shape index (κ3) is 5.39. The molecular formula is C22H31N5O4. The highest BCUT2D eigenvalue weighted by Gasteiger charge is 2.55. The average molecular weight is 430 g/mol. The molecule has 0 unspecified atom stereocenters. The smallest absolute Gasteiger partial charge is 0.248 e. The number of likely N-dealkylation sites (tertiary alicyclic amines) is 1. The summed E-state index contributed by atoms with van der Waals surface area (Å²) in [6.45, 7) is 0.590. The first-order valence-corrected chi connectivity index (χ1v) is 11.3. The fourth-order valence-electron chi connectivity index (χ4n) is 5.29. The number of aromatic nitrogens is 2. The van der Waals surface area contributed by atoms with Gasteiger partial charge in [-0.1, -0.05) is 25.7 Å². The molecule has 3 fully saturated rings. The van der Waals surface area contributed by atoms with Gasteiger partial charge in [-0.05, 0) is 42.9 Å². The molecule has 168 valence electrons. The number of nitrogens with zero attached hydrogens (tertiary/aromatic N) is 3. The van der Waals surface area contributed by atoms with Gasteiger partial charge in [0.1, 0.15) is 6.04 Å². The molecule has 4 rings (SSSR count). The van der Waals surface area contributed by atoms with Crippen molar-refractivity contribution in [3.05, 3.63) is 18.6 Å². The Morgan fingerprint density at radius 1 is 1.19 bits per heavy atom. The molecule has 1 aliphatic heterocycles. The van der Waals surface area contributed by atoms with E-state index in [1.165, 1.54) is 31.4 Å². The first kappa shape index (κ1) is 21.7. The number of carbonyl (C=O) groups is 3. The molecule has 2 saturated carbocycles. The quantitative estimate of drug-likeness (QED) is 0.430. The van der Waals surface area contributed by atoms with Crippen LogP contribution < -0.4 is 10.8 Å². The molecule has 3 N–H and O–H groups in total. The second kappa shape index (κ2) is 9.30. The van der Waals surface area contributed by atoms with Crippen molar-refractivity contribution < 1.29 is 19.6 Å². The molecule has 0 aromatic carbocycles. The standard InChI is InChI=1S/C22H31N5O4/c28-19(26-31)10-16(9-15-3-1-2-4-15)11-20(29)27-14-22(5-6-22)12-17(27)21(30)25-18-13-23-7-8-24-18/h7-8,13,15-17,31H,1-6,9-12,14H2,(H,26,28)(H,24,25,30)/t16-,17-/m0/s1. The third-order valence-corrected chi connectivity index (χ3v) is 7.11. The number of hydrogen-bond acceptors (Lipinski definition) is 6. The van der Waals surface area contributed by atoms with Gasteiger partial charge in [-0.2, -0.15) is 0 Å². The van der Waals surface area contributed by atoms with E-state index in [2.05, 4.69) is 15.3 Å². The molecule has 1 aromatic heterocycles. The number of hydrogen-bond donors (Lipinski definition) is 3. The molecule has 31 heavy (non-hydrogen) atoms. The summed E-state index contributed by atoms with van der Waals surface area (Å²) in [7, 11) is 0. The van der Waals surface area contributed by atoms with Crippen molar-refractivity contribution in [3.8, 4) is 0 Å². The largest absolute Gasteiger partial charge is 0.330 e. The van der Waals surface area contributed by atoms with Crippen LogP contribution in [0.15, 0.2) is 18.6 Å². The van der Waals surface area contributed by atoms with Crippen molar-refractivity contribution in [2.45, 2.75) is 70.3 Å². The van der Waals surface area contributed by atoms with Crippen LogP contribution in [0.25, 0.3) is 0 Å². The first-order chi connectivity index (χ1) is 15.0. The molecule has 2 aliphatic carbocycles. The predicted molar refractivity (Wildman–Crippen MR) is 112 cm³/mol. The topological polar surface area (TPSA) is 125 Å². The van der Waals surface area contributed by atoms with Crippen LogP contribution >= 0.6 is 0 Å². The predicted octanol–water partition coefficient (Wildman–Crippen LogP) is 2.28. The summed E-state index contributed by atoms with van der Waals surface area (Å²) < 4.78 is 0. The molecular weight excluding hydrogens is 398 g/mol. The maximum atomic E-state index is 13.3. The Labute approximate surface area is 182 Å². The molecule has 1 saturated heterocycles. The highest BCUT2D eigenvalue weighted by atomic mass is 16.5. The number of amides is 3. The zero-order valence-electron chi connectivity index (χ0n) is 17.8. The van der Waals surface area contributed by atoms with Gasteiger partial charge in [0.05, 0.1) is 6.20 Å². The van der Waals surface area contributed by atoms with Crippen molar-refractivity contribution in [2.75, 3.05) is 11.9 Å². The van der Waals surface area contributed by atoms with Gasteiger partial charge >= 0.3 is 0 Å². The molecule has 3 amide bonds. The number of rotatable bonds is 8. The van der Waals surface area contributed by atoms with Crippen LogP contribution in [-0.2, 0) is 14.4 Å². The van der Waals surface area contributed by atoms with Gasteiger partial charge in [0, 0.05) is 31.8 Å². The lowest BCUT2D eigenvalue weighted by molar-refractivity contribution is -0.138. The molecule has 9 heteroatoms. The Balaban J connectivity index is 1.43. The molecule has 0 radical (unpaired) electrons. The molecule has 2 atom stereocenters. The van der Waals surface area contributed by atoms with E-state index < -0.39 is 11.9 Å². The first-order valence-electron chi connectivity index (χ1n) is 11.3. The van der Waals surface area contributed by atoms with Crippen molar-refractivity contribution in [1.82, 2.24) is 20.3 Å². The number of nitrogens with one attached hydrogen (secondary N) is 2. The average Bonchev–Trinajstić information content (AvgIpc) is 3.13. The van der Waals surface area contributed by atoms with Gasteiger partial charge in [0.25, 0.3) is 0 Å². The minimum absolute atomic E-state index is 0.0590. The van der Waals surface area contributed by atoms with Gasteiger partial charge in [0.2, 0.25) is 17.7 Å². The minimum Gasteiger partial charge on any atom is -0.330 e. The van der Waals surface area contributed by atoms with Gasteiger partial charge < -0.3 is 10.2 Å². The second-order valence-electron chi connectivity index (χ2n) is 9.52. The van der Waals surface area contributed by atoms with Gasteiger partial charge in [-0.15, -0.1) is 0 Å². The lowest BCUT2D eigenvalue weighted by Crippen LogP contribution is -2.44. The maximum Gasteiger partial charge on any atom is 0.248 e. The van der Waals surface area contributed by atoms with Crippen LogP contribution in [0.3, 0.4) is 0 Å². The zero-order chi connectivity index (χ0) is 21.8. The lowest BCUT2D eigenvalue weighted by Gasteiger charge is -2.27. The molecule has 1 spiro atoms. The van der Waals surface area contributed by atoms with E-state index in [4.69, 9.17) is 5.21 Å². The van der Waals surface area contributed by atoms with Crippen LogP contribution in [0.5, 0.6) is 0 Å². The summed E-state index contributed by atoms with van der Waals surface area (Å²) in [5, 5.41) is 11.7. The van der Waals surface area contributed by atoms with Crippen LogP contribution in [0.2, 0.25) is 0 Å². The summed E-state index contributed by atoms with van der Waals surface area (Å²) in [5.74, 6) is -0.0336. The Hall–Kier alpha value is -2.55. The molecule has 3 aliphatic rings. The lowest BCUT2D eigenvalue weighted by atomic mass is 9.88. The Morgan fingerprint density at radius 3 is 2.61 bits per heavy atom. The fraction of sp³-hybridized carbons (Fsp3) is 0.682. The minimum atomic E-state index is -0.532. The highest BCUT2D eigenvalue weighted by molar-refractivity contribution is 5.97. The van der Waals surface area contributed by atoms with E-state index in [0.29, 0.717) is 24.7 Å². The summed E-state index contributed by atoms with van der Waals surface area (Å²) in [6, 6.07) is -0.532. The molecule has 0 bridgehead atoms. The van der Waals surface area contributed by atoms with E-state index in [1.807, 2.05) is 0 Å². The molecule has 9 nitrogen and oxygen atoms in total. The summed E-state index contributed by atoms with van der Waals surface area (Å²) in [6.07, 6.45) is 13.0. The third-order valence-electron chi connectivity index (χ3n) is 7.11. The van der Waals surface area contributed by atoms with Crippen molar-refractivity contribution in [3.63, 3.8) is 0 Å². The maximum absolute atomic E-state index is 13.3. The van der Waals surface area contributed by atoms with Crippen LogP contribution in [0.1, 0.15) is 64.2 Å². The summed E-state index contributed by atoms with van der Waals surface area (Å²) in [5.41, 5.74) is 1.76. The number of hydroxylamine groups is 1. The number of carbonyl (C=O) groups excluding carboxylic acids is 3. The number of anilines is 1. The normalized spacial score (nSPS) is 23.0. The van der Waals surface area contributed by atoms with E-state index in [9.17, 15) is 14.4 Å². The van der Waals surface area contributed by atoms with Crippen LogP contribution in [0, 0.1) is 17.3 Å². The molecule has 1 aromatic rings. The van der Waals surface area contributed by atoms with Crippen molar-refractivity contribution in [2.24, 2.45) is 17.3 Å². The van der Waals surface area contributed by atoms with Gasteiger partial charge in [-0.25, -0.2) is 10.5 Å². The van der Waals surface area contributed by atoms with Crippen molar-refractivity contribution >= 4 is 23.5 Å². The Morgan fingerprint density at radius 2 is 1.97 bits per heavy atom. The zero-order valence-corrected chi connectivity index (χ0v) is 17.8. The fourth-order valence-corrected chi connectivity index (χ4v) is 5.29. The van der Waals surface area contributed by atoms with Crippen LogP contribution in [-0.4, -0.2) is 50.4 Å². The SMILES string of the molecule is O=C(C[C@@H](CC(=O)N1CC2(CC2)C[C@H]1C(=O)Nc1cnccn1)CC1CCCC1)NO. The Kier molecular flexibility index (Phi) is 6.50. The van der Waals surface area contributed by atoms with Crippen molar-refractivity contribution in [1.29, 1.82) is 0 Å². The van der Waals surface area contributed by atoms with E-state index >= 15 is 0 Å². The monoisotopic (exact) mass is 429 g/mol. The van der Waals surface area contributed by atoms with Gasteiger partial charge in [-0.3, -0.25) is 24.6 Å². The summed E-state index contributed by atoms with van der Waals surface area (Å²) in [4.78, 5) is 47.9. The summed E-state index contributed by atoms with van der Waals surface area (Å²) >= 11 is 0. The Bertz CT molecular complexity index is 807. The molecule has 2 heterocycles. The highest BCUT2D eigenvalue weighted by Crippen LogP contribution is 2.55. The van der Waals surface area contributed by atoms with Gasteiger partial charge in [0.15, 0.2) is 5.82 Å². The van der Waals surface area contributed by atoms with E-state index in [0.717, 1.165) is 32.1 Å². The second-order valence-corrected chi connectivity index (χ2v) is 9.52. The van der Waals surface area contributed by atoms with E-state index in [1.54, 1.807) is 10.4 Å². The van der Waals surface area contributed by atoms with Crippen LogP contribution in [0.4, 0.5) is 5.82 Å². The van der Waals surface area contributed by atoms with E-state index in [-0.39, 0.29) is 36.0 Å².